The molecule has 5 rings (SSSR count). The van der Waals surface area contributed by atoms with E-state index in [2.05, 4.69) is 52.5 Å². The van der Waals surface area contributed by atoms with Crippen LogP contribution < -0.4 is 0 Å². The number of nitrogens with zero attached hydrogens (tertiary/aromatic N) is 1. The second kappa shape index (κ2) is 8.11. The molecule has 1 unspecified atom stereocenters. The van der Waals surface area contributed by atoms with Crippen LogP contribution in [0.1, 0.15) is 99.3 Å². The Kier molecular flexibility index (Phi) is 5.93. The molecule has 1 N–H and O–H groups in total. The molecule has 4 aliphatic carbocycles. The van der Waals surface area contributed by atoms with E-state index in [9.17, 15) is 5.11 Å². The number of fused-ring (bicyclic) bond motifs is 5. The van der Waals surface area contributed by atoms with E-state index in [1.807, 2.05) is 0 Å². The summed E-state index contributed by atoms with van der Waals surface area (Å²) in [6.45, 7) is 18.9. The van der Waals surface area contributed by atoms with Crippen LogP contribution in [0.4, 0.5) is 0 Å². The highest BCUT2D eigenvalue weighted by atomic mass is 16.3. The number of hydrogen-bond acceptors (Lipinski definition) is 2. The molecule has 0 aromatic heterocycles. The fourth-order valence-corrected chi connectivity index (χ4v) is 10.1. The maximum absolute atomic E-state index is 10.8. The van der Waals surface area contributed by atoms with Crippen LogP contribution in [0.2, 0.25) is 0 Å². The minimum atomic E-state index is -0.165. The summed E-state index contributed by atoms with van der Waals surface area (Å²) >= 11 is 0. The number of likely N-dealkylation sites (tertiary alicyclic amines) is 1. The van der Waals surface area contributed by atoms with Crippen molar-refractivity contribution >= 4 is 0 Å². The molecule has 2 nitrogen and oxygen atoms in total. The molecule has 0 radical (unpaired) electrons. The average molecular weight is 442 g/mol. The first-order valence-electron chi connectivity index (χ1n) is 14.2. The predicted octanol–water partition coefficient (Wildman–Crippen LogP) is 6.93. The van der Waals surface area contributed by atoms with Crippen molar-refractivity contribution in [2.75, 3.05) is 19.6 Å². The second-order valence-corrected chi connectivity index (χ2v) is 14.1. The molecule has 4 fully saturated rings. The molecular weight excluding hydrogens is 390 g/mol. The molecule has 0 spiro atoms. The van der Waals surface area contributed by atoms with E-state index >= 15 is 0 Å². The standard InChI is InChI=1S/C30H51NO/c1-20-13-17-31(18-14-20)19-21(2)23-8-9-24-22-7-10-26-28(3,4)27(32)12-16-30(26,6)25(22)11-15-29(23,24)5/h10,20-25,27,32H,7-9,11-19H2,1-6H3/t21-,22+,23-,24+,25+,27?,29-,30-/m1/s1. The van der Waals surface area contributed by atoms with Crippen LogP contribution in [0.3, 0.4) is 0 Å². The Balaban J connectivity index is 1.34. The Morgan fingerprint density at radius 1 is 0.969 bits per heavy atom. The van der Waals surface area contributed by atoms with Crippen molar-refractivity contribution in [2.45, 2.75) is 105 Å². The molecule has 8 atom stereocenters. The van der Waals surface area contributed by atoms with Gasteiger partial charge in [0, 0.05) is 12.0 Å². The van der Waals surface area contributed by atoms with Gasteiger partial charge in [-0.1, -0.05) is 53.2 Å². The zero-order valence-electron chi connectivity index (χ0n) is 22.0. The van der Waals surface area contributed by atoms with Gasteiger partial charge in [0.25, 0.3) is 0 Å². The van der Waals surface area contributed by atoms with Crippen LogP contribution in [-0.4, -0.2) is 35.7 Å². The molecule has 3 saturated carbocycles. The third-order valence-corrected chi connectivity index (χ3v) is 12.1. The van der Waals surface area contributed by atoms with E-state index in [4.69, 9.17) is 0 Å². The van der Waals surface area contributed by atoms with Gasteiger partial charge in [0.15, 0.2) is 0 Å². The first-order valence-corrected chi connectivity index (χ1v) is 14.2. The first kappa shape index (κ1) is 23.4. The summed E-state index contributed by atoms with van der Waals surface area (Å²) in [5, 5.41) is 10.8. The summed E-state index contributed by atoms with van der Waals surface area (Å²) in [5.41, 5.74) is 2.43. The Labute approximate surface area is 198 Å². The van der Waals surface area contributed by atoms with Gasteiger partial charge >= 0.3 is 0 Å². The molecule has 5 aliphatic rings. The number of allylic oxidation sites excluding steroid dienone is 1. The highest BCUT2D eigenvalue weighted by Gasteiger charge is 2.61. The lowest BCUT2D eigenvalue weighted by molar-refractivity contribution is -0.0791. The summed E-state index contributed by atoms with van der Waals surface area (Å²) in [7, 11) is 0. The van der Waals surface area contributed by atoms with Crippen LogP contribution >= 0.6 is 0 Å². The number of aliphatic hydroxyl groups excluding tert-OH is 1. The second-order valence-electron chi connectivity index (χ2n) is 14.1. The molecule has 0 aromatic rings. The zero-order chi connectivity index (χ0) is 22.9. The van der Waals surface area contributed by atoms with Crippen molar-refractivity contribution in [3.8, 4) is 0 Å². The minimum Gasteiger partial charge on any atom is -0.392 e. The van der Waals surface area contributed by atoms with E-state index in [-0.39, 0.29) is 11.5 Å². The van der Waals surface area contributed by atoms with Gasteiger partial charge in [0.1, 0.15) is 0 Å². The first-order chi connectivity index (χ1) is 15.1. The fourth-order valence-electron chi connectivity index (χ4n) is 10.1. The summed E-state index contributed by atoms with van der Waals surface area (Å²) in [6.07, 6.45) is 14.5. The van der Waals surface area contributed by atoms with E-state index < -0.39 is 0 Å². The van der Waals surface area contributed by atoms with Gasteiger partial charge in [-0.15, -0.1) is 0 Å². The van der Waals surface area contributed by atoms with E-state index in [1.54, 1.807) is 5.57 Å². The maximum atomic E-state index is 10.8. The molecule has 1 heterocycles. The molecule has 1 saturated heterocycles. The van der Waals surface area contributed by atoms with Crippen molar-refractivity contribution in [1.82, 2.24) is 4.90 Å². The molecule has 0 aromatic carbocycles. The highest BCUT2D eigenvalue weighted by Crippen LogP contribution is 2.68. The number of aliphatic hydroxyl groups is 1. The van der Waals surface area contributed by atoms with Gasteiger partial charge < -0.3 is 10.0 Å². The minimum absolute atomic E-state index is 0.0443. The Morgan fingerprint density at radius 3 is 2.41 bits per heavy atom. The quantitative estimate of drug-likeness (QED) is 0.480. The number of hydrogen-bond donors (Lipinski definition) is 1. The summed E-state index contributed by atoms with van der Waals surface area (Å²) in [4.78, 5) is 2.79. The lowest BCUT2D eigenvalue weighted by Gasteiger charge is -2.61. The molecule has 2 heteroatoms. The molecule has 182 valence electrons. The van der Waals surface area contributed by atoms with Crippen LogP contribution in [0.15, 0.2) is 11.6 Å². The van der Waals surface area contributed by atoms with Crippen LogP contribution in [-0.2, 0) is 0 Å². The Morgan fingerprint density at radius 2 is 1.69 bits per heavy atom. The smallest absolute Gasteiger partial charge is 0.0628 e. The summed E-state index contributed by atoms with van der Waals surface area (Å²) in [5.74, 6) is 5.31. The third kappa shape index (κ3) is 3.48. The van der Waals surface area contributed by atoms with Crippen molar-refractivity contribution in [1.29, 1.82) is 0 Å². The van der Waals surface area contributed by atoms with Gasteiger partial charge in [-0.2, -0.15) is 0 Å². The van der Waals surface area contributed by atoms with Crippen molar-refractivity contribution in [2.24, 2.45) is 51.8 Å². The molecule has 1 aliphatic heterocycles. The summed E-state index contributed by atoms with van der Waals surface area (Å²) < 4.78 is 0. The normalized spacial score (nSPS) is 47.8. The average Bonchev–Trinajstić information content (AvgIpc) is 3.10. The van der Waals surface area contributed by atoms with Crippen LogP contribution in [0.25, 0.3) is 0 Å². The van der Waals surface area contributed by atoms with Gasteiger partial charge in [0.2, 0.25) is 0 Å². The number of piperidine rings is 1. The van der Waals surface area contributed by atoms with Crippen molar-refractivity contribution < 1.29 is 5.11 Å². The SMILES string of the molecule is CC1CCN(C[C@@H](C)[C@H]2CC[C@H]3[C@@H]4CC=C5C(C)(C)C(O)CC[C@]5(C)[C@H]4CC[C@]23C)CC1. The van der Waals surface area contributed by atoms with Crippen molar-refractivity contribution in [3.05, 3.63) is 11.6 Å². The zero-order valence-corrected chi connectivity index (χ0v) is 22.0. The van der Waals surface area contributed by atoms with Crippen molar-refractivity contribution in [3.63, 3.8) is 0 Å². The van der Waals surface area contributed by atoms with Crippen LogP contribution in [0.5, 0.6) is 0 Å². The topological polar surface area (TPSA) is 23.5 Å². The lowest BCUT2D eigenvalue weighted by atomic mass is 9.44. The fraction of sp³-hybridized carbons (Fsp3) is 0.933. The molecule has 0 amide bonds. The predicted molar refractivity (Wildman–Crippen MR) is 134 cm³/mol. The largest absolute Gasteiger partial charge is 0.392 e. The molecule has 0 bridgehead atoms. The number of rotatable bonds is 3. The molecular formula is C30H51NO. The van der Waals surface area contributed by atoms with Gasteiger partial charge in [0.05, 0.1) is 6.10 Å². The van der Waals surface area contributed by atoms with Crippen LogP contribution in [0, 0.1) is 51.8 Å². The monoisotopic (exact) mass is 441 g/mol. The Hall–Kier alpha value is -0.340. The highest BCUT2D eigenvalue weighted by molar-refractivity contribution is 5.31. The van der Waals surface area contributed by atoms with E-state index in [0.717, 1.165) is 41.9 Å². The van der Waals surface area contributed by atoms with E-state index in [0.29, 0.717) is 10.8 Å². The Bertz CT molecular complexity index is 733. The third-order valence-electron chi connectivity index (χ3n) is 12.1. The molecule has 32 heavy (non-hydrogen) atoms. The maximum Gasteiger partial charge on any atom is 0.0628 e. The van der Waals surface area contributed by atoms with Gasteiger partial charge in [-0.3, -0.25) is 0 Å². The van der Waals surface area contributed by atoms with E-state index in [1.165, 1.54) is 71.0 Å². The van der Waals surface area contributed by atoms with Gasteiger partial charge in [-0.05, 0) is 117 Å². The van der Waals surface area contributed by atoms with Gasteiger partial charge in [-0.25, -0.2) is 0 Å². The summed E-state index contributed by atoms with van der Waals surface area (Å²) in [6, 6.07) is 0. The lowest BCUT2D eigenvalue weighted by Crippen LogP contribution is -2.54.